The largest absolute Gasteiger partial charge is 0.496 e. The van der Waals surface area contributed by atoms with E-state index in [1.165, 1.54) is 0 Å². The van der Waals surface area contributed by atoms with Crippen LogP contribution in [0.5, 0.6) is 5.75 Å². The van der Waals surface area contributed by atoms with E-state index in [2.05, 4.69) is 17.2 Å². The van der Waals surface area contributed by atoms with Gasteiger partial charge in [-0.25, -0.2) is 0 Å². The Kier molecular flexibility index (Phi) is 3.19. The summed E-state index contributed by atoms with van der Waals surface area (Å²) >= 11 is 1.68. The summed E-state index contributed by atoms with van der Waals surface area (Å²) in [5.41, 5.74) is 2.23. The number of nitrogens with zero attached hydrogens (tertiary/aromatic N) is 2. The Morgan fingerprint density at radius 1 is 1.31 bits per heavy atom. The average Bonchev–Trinajstić information content (AvgIpc) is 2.75. The highest BCUT2D eigenvalue weighted by atomic mass is 32.2. The fourth-order valence-corrected chi connectivity index (χ4v) is 2.13. The molecule has 0 bridgehead atoms. The zero-order valence-corrected chi connectivity index (χ0v) is 10.4. The van der Waals surface area contributed by atoms with Gasteiger partial charge in [0.2, 0.25) is 0 Å². The summed E-state index contributed by atoms with van der Waals surface area (Å²) in [7, 11) is 3.61. The maximum atomic E-state index is 5.36. The molecule has 0 unspecified atom stereocenters. The van der Waals surface area contributed by atoms with Crippen molar-refractivity contribution in [1.29, 1.82) is 0 Å². The summed E-state index contributed by atoms with van der Waals surface area (Å²) in [6.07, 6.45) is 5.89. The number of rotatable bonds is 3. The Labute approximate surface area is 99.4 Å². The van der Waals surface area contributed by atoms with Crippen molar-refractivity contribution in [3.63, 3.8) is 0 Å². The van der Waals surface area contributed by atoms with Crippen LogP contribution >= 0.6 is 11.8 Å². The SMILES string of the molecule is COc1cc(-c2cnn(C)c2)ccc1SC. The molecule has 0 aliphatic rings. The maximum absolute atomic E-state index is 5.36. The van der Waals surface area contributed by atoms with Crippen molar-refractivity contribution in [1.82, 2.24) is 9.78 Å². The Morgan fingerprint density at radius 2 is 2.12 bits per heavy atom. The zero-order chi connectivity index (χ0) is 11.5. The first-order chi connectivity index (χ1) is 7.74. The van der Waals surface area contributed by atoms with E-state index in [0.29, 0.717) is 0 Å². The molecule has 1 aromatic heterocycles. The molecule has 0 atom stereocenters. The summed E-state index contributed by atoms with van der Waals surface area (Å²) < 4.78 is 7.15. The second kappa shape index (κ2) is 4.61. The van der Waals surface area contributed by atoms with E-state index < -0.39 is 0 Å². The highest BCUT2D eigenvalue weighted by Crippen LogP contribution is 2.32. The van der Waals surface area contributed by atoms with Gasteiger partial charge >= 0.3 is 0 Å². The van der Waals surface area contributed by atoms with Crippen molar-refractivity contribution in [2.45, 2.75) is 4.90 Å². The lowest BCUT2D eigenvalue weighted by atomic mass is 10.1. The molecule has 84 valence electrons. The van der Waals surface area contributed by atoms with Gasteiger partial charge in [-0.1, -0.05) is 6.07 Å². The average molecular weight is 234 g/mol. The molecule has 0 aliphatic heterocycles. The van der Waals surface area contributed by atoms with Gasteiger partial charge in [0.1, 0.15) is 5.75 Å². The molecule has 4 heteroatoms. The second-order valence-corrected chi connectivity index (χ2v) is 4.32. The van der Waals surface area contributed by atoms with Gasteiger partial charge in [-0.05, 0) is 24.0 Å². The van der Waals surface area contributed by atoms with E-state index in [0.717, 1.165) is 21.8 Å². The third-order valence-electron chi connectivity index (χ3n) is 2.42. The maximum Gasteiger partial charge on any atom is 0.133 e. The van der Waals surface area contributed by atoms with Crippen LogP contribution in [0.1, 0.15) is 0 Å². The van der Waals surface area contributed by atoms with Crippen LogP contribution in [0.4, 0.5) is 0 Å². The molecule has 0 radical (unpaired) electrons. The van der Waals surface area contributed by atoms with Gasteiger partial charge < -0.3 is 4.74 Å². The van der Waals surface area contributed by atoms with Crippen LogP contribution in [0.3, 0.4) is 0 Å². The van der Waals surface area contributed by atoms with Crippen molar-refractivity contribution in [3.05, 3.63) is 30.6 Å². The smallest absolute Gasteiger partial charge is 0.133 e. The van der Waals surface area contributed by atoms with Gasteiger partial charge in [-0.15, -0.1) is 11.8 Å². The second-order valence-electron chi connectivity index (χ2n) is 3.47. The first kappa shape index (κ1) is 11.1. The highest BCUT2D eigenvalue weighted by molar-refractivity contribution is 7.98. The molecule has 0 fully saturated rings. The Morgan fingerprint density at radius 3 is 2.69 bits per heavy atom. The number of aromatic nitrogens is 2. The molecule has 0 amide bonds. The zero-order valence-electron chi connectivity index (χ0n) is 9.60. The number of hydrogen-bond donors (Lipinski definition) is 0. The molecule has 16 heavy (non-hydrogen) atoms. The van der Waals surface area contributed by atoms with Crippen LogP contribution in [0.25, 0.3) is 11.1 Å². The molecular formula is C12H14N2OS. The number of thioether (sulfide) groups is 1. The standard InChI is InChI=1S/C12H14N2OS/c1-14-8-10(7-13-14)9-4-5-12(16-3)11(6-9)15-2/h4-8H,1-3H3. The fraction of sp³-hybridized carbons (Fsp3) is 0.250. The highest BCUT2D eigenvalue weighted by Gasteiger charge is 2.06. The number of aryl methyl sites for hydroxylation is 1. The van der Waals surface area contributed by atoms with Crippen LogP contribution in [0.2, 0.25) is 0 Å². The fourth-order valence-electron chi connectivity index (χ4n) is 1.59. The number of methoxy groups -OCH3 is 1. The van der Waals surface area contributed by atoms with Gasteiger partial charge in [0.15, 0.2) is 0 Å². The van der Waals surface area contributed by atoms with Gasteiger partial charge in [0.05, 0.1) is 13.3 Å². The summed E-state index contributed by atoms with van der Waals surface area (Å²) in [5.74, 6) is 0.911. The predicted molar refractivity (Wildman–Crippen MR) is 67.0 cm³/mol. The third kappa shape index (κ3) is 2.07. The van der Waals surface area contributed by atoms with Crippen LogP contribution < -0.4 is 4.74 Å². The van der Waals surface area contributed by atoms with Gasteiger partial charge in [-0.3, -0.25) is 4.68 Å². The lowest BCUT2D eigenvalue weighted by Gasteiger charge is -2.07. The van der Waals surface area contributed by atoms with Gasteiger partial charge in [0, 0.05) is 23.7 Å². The van der Waals surface area contributed by atoms with Crippen molar-refractivity contribution < 1.29 is 4.74 Å². The topological polar surface area (TPSA) is 27.1 Å². The summed E-state index contributed by atoms with van der Waals surface area (Å²) in [6.45, 7) is 0. The predicted octanol–water partition coefficient (Wildman–Crippen LogP) is 2.82. The first-order valence-corrected chi connectivity index (χ1v) is 6.18. The van der Waals surface area contributed by atoms with Crippen LogP contribution in [0.15, 0.2) is 35.5 Å². The lowest BCUT2D eigenvalue weighted by molar-refractivity contribution is 0.405. The Balaban J connectivity index is 2.43. The molecule has 3 nitrogen and oxygen atoms in total. The third-order valence-corrected chi connectivity index (χ3v) is 3.20. The summed E-state index contributed by atoms with van der Waals surface area (Å²) in [5, 5.41) is 4.16. The lowest BCUT2D eigenvalue weighted by Crippen LogP contribution is -1.87. The molecular weight excluding hydrogens is 220 g/mol. The molecule has 1 heterocycles. The van der Waals surface area contributed by atoms with E-state index in [9.17, 15) is 0 Å². The van der Waals surface area contributed by atoms with Crippen molar-refractivity contribution in [2.24, 2.45) is 7.05 Å². The van der Waals surface area contributed by atoms with E-state index in [1.807, 2.05) is 31.8 Å². The van der Waals surface area contributed by atoms with E-state index in [-0.39, 0.29) is 0 Å². The normalized spacial score (nSPS) is 10.4. The van der Waals surface area contributed by atoms with E-state index >= 15 is 0 Å². The van der Waals surface area contributed by atoms with Crippen LogP contribution in [-0.4, -0.2) is 23.1 Å². The number of benzene rings is 1. The van der Waals surface area contributed by atoms with Gasteiger partial charge in [-0.2, -0.15) is 5.10 Å². The van der Waals surface area contributed by atoms with Gasteiger partial charge in [0.25, 0.3) is 0 Å². The quantitative estimate of drug-likeness (QED) is 0.764. The monoisotopic (exact) mass is 234 g/mol. The van der Waals surface area contributed by atoms with Crippen LogP contribution in [0, 0.1) is 0 Å². The molecule has 0 aliphatic carbocycles. The molecule has 0 N–H and O–H groups in total. The molecule has 0 saturated carbocycles. The molecule has 2 rings (SSSR count). The van der Waals surface area contributed by atoms with E-state index in [4.69, 9.17) is 4.74 Å². The van der Waals surface area contributed by atoms with Crippen molar-refractivity contribution in [3.8, 4) is 16.9 Å². The van der Waals surface area contributed by atoms with E-state index in [1.54, 1.807) is 23.6 Å². The summed E-state index contributed by atoms with van der Waals surface area (Å²) in [4.78, 5) is 1.15. The molecule has 0 spiro atoms. The number of ether oxygens (including phenoxy) is 1. The Bertz CT molecular complexity index is 494. The Hall–Kier alpha value is -1.42. The minimum absolute atomic E-state index is 0.911. The minimum atomic E-state index is 0.911. The number of hydrogen-bond acceptors (Lipinski definition) is 3. The van der Waals surface area contributed by atoms with Crippen LogP contribution in [-0.2, 0) is 7.05 Å². The first-order valence-electron chi connectivity index (χ1n) is 4.95. The summed E-state index contributed by atoms with van der Waals surface area (Å²) in [6, 6.07) is 6.21. The van der Waals surface area contributed by atoms with Crippen molar-refractivity contribution >= 4 is 11.8 Å². The molecule has 0 saturated heterocycles. The van der Waals surface area contributed by atoms with Crippen molar-refractivity contribution in [2.75, 3.05) is 13.4 Å². The minimum Gasteiger partial charge on any atom is -0.496 e. The molecule has 2 aromatic rings. The molecule has 1 aromatic carbocycles.